The molecule has 4 nitrogen and oxygen atoms in total. The molecule has 0 saturated carbocycles. The molecule has 1 aliphatic heterocycles. The van der Waals surface area contributed by atoms with E-state index in [1.807, 2.05) is 20.8 Å². The summed E-state index contributed by atoms with van der Waals surface area (Å²) in [5.74, 6) is 0. The van der Waals surface area contributed by atoms with Gasteiger partial charge in [0, 0.05) is 25.7 Å². The minimum atomic E-state index is -0.264. The summed E-state index contributed by atoms with van der Waals surface area (Å²) in [5, 5.41) is 1.74. The van der Waals surface area contributed by atoms with E-state index in [0.717, 1.165) is 25.9 Å². The van der Waals surface area contributed by atoms with Crippen molar-refractivity contribution in [3.63, 3.8) is 0 Å². The third-order valence-corrected chi connectivity index (χ3v) is 2.55. The fourth-order valence-electron chi connectivity index (χ4n) is 1.22. The largest absolute Gasteiger partial charge is 0.429 e. The van der Waals surface area contributed by atoms with Crippen LogP contribution in [0.5, 0.6) is 0 Å². The fourth-order valence-corrected chi connectivity index (χ4v) is 1.22. The van der Waals surface area contributed by atoms with Gasteiger partial charge in [-0.3, -0.25) is 0 Å². The summed E-state index contributed by atoms with van der Waals surface area (Å²) in [6.45, 7) is 7.68. The van der Waals surface area contributed by atoms with Crippen molar-refractivity contribution in [2.24, 2.45) is 0 Å². The molecule has 0 bridgehead atoms. The van der Waals surface area contributed by atoms with Crippen LogP contribution in [0.2, 0.25) is 0 Å². The second-order valence-electron chi connectivity index (χ2n) is 4.72. The van der Waals surface area contributed by atoms with Crippen molar-refractivity contribution in [1.29, 1.82) is 0 Å². The van der Waals surface area contributed by atoms with Crippen LogP contribution in [0.3, 0.4) is 0 Å². The average Bonchev–Trinajstić information content (AvgIpc) is 2.53. The van der Waals surface area contributed by atoms with Gasteiger partial charge in [-0.1, -0.05) is 0 Å². The number of rotatable bonds is 1. The van der Waals surface area contributed by atoms with Crippen LogP contribution in [-0.4, -0.2) is 41.7 Å². The van der Waals surface area contributed by atoms with Crippen LogP contribution < -0.4 is 0 Å². The molecule has 0 aromatic rings. The topological polar surface area (TPSA) is 32.8 Å². The van der Waals surface area contributed by atoms with E-state index in [1.54, 1.807) is 17.0 Å². The van der Waals surface area contributed by atoms with Crippen LogP contribution in [0.15, 0.2) is 0 Å². The van der Waals surface area contributed by atoms with Crippen LogP contribution >= 0.6 is 0 Å². The number of hydrogen-bond donors (Lipinski definition) is 0. The highest BCUT2D eigenvalue weighted by molar-refractivity contribution is 5.67. The molecule has 1 saturated heterocycles. The molecule has 0 spiro atoms. The predicted octanol–water partition coefficient (Wildman–Crippen LogP) is 1.86. The SMILES string of the molecule is CN(C(=O)ON1CCCC1)C(C)(C)C. The molecule has 14 heavy (non-hydrogen) atoms. The Morgan fingerprint density at radius 3 is 2.21 bits per heavy atom. The Bertz CT molecular complexity index is 205. The summed E-state index contributed by atoms with van der Waals surface area (Å²) in [5.41, 5.74) is -0.184. The third-order valence-electron chi connectivity index (χ3n) is 2.55. The number of nitrogens with zero attached hydrogens (tertiary/aromatic N) is 2. The lowest BCUT2D eigenvalue weighted by atomic mass is 10.1. The van der Waals surface area contributed by atoms with E-state index in [4.69, 9.17) is 4.84 Å². The minimum Gasteiger partial charge on any atom is -0.351 e. The number of hydrogen-bond acceptors (Lipinski definition) is 3. The fraction of sp³-hybridized carbons (Fsp3) is 0.900. The lowest BCUT2D eigenvalue weighted by Crippen LogP contribution is -2.44. The standard InChI is InChI=1S/C10H20N2O2/c1-10(2,3)11(4)9(13)14-12-7-5-6-8-12/h5-8H2,1-4H3. The first-order chi connectivity index (χ1) is 6.41. The summed E-state index contributed by atoms with van der Waals surface area (Å²) in [4.78, 5) is 18.4. The molecule has 0 aromatic carbocycles. The van der Waals surface area contributed by atoms with Gasteiger partial charge in [-0.05, 0) is 33.6 Å². The molecule has 1 rings (SSSR count). The number of amides is 1. The lowest BCUT2D eigenvalue weighted by Gasteiger charge is -2.31. The first-order valence-corrected chi connectivity index (χ1v) is 5.12. The Morgan fingerprint density at radius 1 is 1.29 bits per heavy atom. The molecule has 0 aromatic heterocycles. The first-order valence-electron chi connectivity index (χ1n) is 5.12. The van der Waals surface area contributed by atoms with Gasteiger partial charge < -0.3 is 9.74 Å². The minimum absolute atomic E-state index is 0.184. The maximum absolute atomic E-state index is 11.6. The van der Waals surface area contributed by atoms with Crippen molar-refractivity contribution in [2.75, 3.05) is 20.1 Å². The molecule has 1 amide bonds. The van der Waals surface area contributed by atoms with Crippen molar-refractivity contribution in [3.8, 4) is 0 Å². The van der Waals surface area contributed by atoms with E-state index >= 15 is 0 Å². The number of hydroxylamine groups is 2. The van der Waals surface area contributed by atoms with Crippen molar-refractivity contribution in [1.82, 2.24) is 9.96 Å². The second kappa shape index (κ2) is 4.17. The molecule has 0 radical (unpaired) electrons. The molecule has 0 aliphatic carbocycles. The van der Waals surface area contributed by atoms with E-state index in [1.165, 1.54) is 0 Å². The van der Waals surface area contributed by atoms with Gasteiger partial charge in [0.05, 0.1) is 0 Å². The van der Waals surface area contributed by atoms with Gasteiger partial charge in [-0.2, -0.15) is 0 Å². The highest BCUT2D eigenvalue weighted by atomic mass is 16.7. The van der Waals surface area contributed by atoms with Gasteiger partial charge in [0.15, 0.2) is 0 Å². The van der Waals surface area contributed by atoms with E-state index in [2.05, 4.69) is 0 Å². The molecule has 4 heteroatoms. The Balaban J connectivity index is 2.41. The maximum atomic E-state index is 11.6. The quantitative estimate of drug-likeness (QED) is 0.647. The molecule has 82 valence electrons. The average molecular weight is 200 g/mol. The van der Waals surface area contributed by atoms with Crippen LogP contribution in [0.1, 0.15) is 33.6 Å². The van der Waals surface area contributed by atoms with E-state index < -0.39 is 0 Å². The van der Waals surface area contributed by atoms with Crippen molar-refractivity contribution in [2.45, 2.75) is 39.2 Å². The van der Waals surface area contributed by atoms with E-state index in [9.17, 15) is 4.79 Å². The molecule has 1 aliphatic rings. The van der Waals surface area contributed by atoms with Crippen LogP contribution in [0.4, 0.5) is 4.79 Å². The number of carbonyl (C=O) groups excluding carboxylic acids is 1. The van der Waals surface area contributed by atoms with E-state index in [-0.39, 0.29) is 11.6 Å². The maximum Gasteiger partial charge on any atom is 0.429 e. The molecule has 1 fully saturated rings. The van der Waals surface area contributed by atoms with Crippen LogP contribution in [-0.2, 0) is 4.84 Å². The summed E-state index contributed by atoms with van der Waals surface area (Å²) in [7, 11) is 1.76. The normalized spacial score (nSPS) is 18.3. The Morgan fingerprint density at radius 2 is 1.79 bits per heavy atom. The highest BCUT2D eigenvalue weighted by Crippen LogP contribution is 2.14. The Kier molecular flexibility index (Phi) is 3.37. The van der Waals surface area contributed by atoms with Crippen LogP contribution in [0.25, 0.3) is 0 Å². The van der Waals surface area contributed by atoms with E-state index in [0.29, 0.717) is 0 Å². The molecular weight excluding hydrogens is 180 g/mol. The first kappa shape index (κ1) is 11.3. The van der Waals surface area contributed by atoms with Crippen molar-refractivity contribution < 1.29 is 9.63 Å². The predicted molar refractivity (Wildman–Crippen MR) is 54.8 cm³/mol. The molecule has 1 heterocycles. The molecular formula is C10H20N2O2. The lowest BCUT2D eigenvalue weighted by molar-refractivity contribution is -0.0989. The summed E-state index contributed by atoms with van der Waals surface area (Å²) >= 11 is 0. The summed E-state index contributed by atoms with van der Waals surface area (Å²) in [6.07, 6.45) is 1.97. The van der Waals surface area contributed by atoms with Crippen LogP contribution in [0, 0.1) is 0 Å². The second-order valence-corrected chi connectivity index (χ2v) is 4.72. The van der Waals surface area contributed by atoms with Gasteiger partial charge in [0.25, 0.3) is 0 Å². The van der Waals surface area contributed by atoms with Crippen molar-refractivity contribution in [3.05, 3.63) is 0 Å². The monoisotopic (exact) mass is 200 g/mol. The Labute approximate surface area is 85.8 Å². The van der Waals surface area contributed by atoms with Gasteiger partial charge >= 0.3 is 6.09 Å². The third kappa shape index (κ3) is 2.87. The zero-order chi connectivity index (χ0) is 10.8. The Hall–Kier alpha value is -0.770. The smallest absolute Gasteiger partial charge is 0.351 e. The molecule has 0 N–H and O–H groups in total. The van der Waals surface area contributed by atoms with Gasteiger partial charge in [-0.25, -0.2) is 4.79 Å². The van der Waals surface area contributed by atoms with Gasteiger partial charge in [0.1, 0.15) is 0 Å². The zero-order valence-corrected chi connectivity index (χ0v) is 9.54. The molecule has 0 unspecified atom stereocenters. The zero-order valence-electron chi connectivity index (χ0n) is 9.54. The summed E-state index contributed by atoms with van der Waals surface area (Å²) in [6, 6.07) is 0. The summed E-state index contributed by atoms with van der Waals surface area (Å²) < 4.78 is 0. The van der Waals surface area contributed by atoms with Gasteiger partial charge in [-0.15, -0.1) is 5.06 Å². The number of carbonyl (C=O) groups is 1. The molecule has 0 atom stereocenters. The van der Waals surface area contributed by atoms with Crippen molar-refractivity contribution >= 4 is 6.09 Å². The highest BCUT2D eigenvalue weighted by Gasteiger charge is 2.26. The van der Waals surface area contributed by atoms with Gasteiger partial charge in [0.2, 0.25) is 0 Å².